The minimum absolute atomic E-state index is 0.0611. The second-order valence-corrected chi connectivity index (χ2v) is 6.90. The van der Waals surface area contributed by atoms with Gasteiger partial charge in [0.15, 0.2) is 11.5 Å². The second kappa shape index (κ2) is 7.35. The average molecular weight is 400 g/mol. The SMILES string of the molecule is O=C(CN1C(=O)SC(=Cc2ccccc2F)C1=O)Nc1ccc2c(c1)OCO2. The van der Waals surface area contributed by atoms with Crippen molar-refractivity contribution in [1.29, 1.82) is 0 Å². The lowest BCUT2D eigenvalue weighted by Gasteiger charge is -2.12. The average Bonchev–Trinajstić information content (AvgIpc) is 3.23. The highest BCUT2D eigenvalue weighted by molar-refractivity contribution is 8.18. The van der Waals surface area contributed by atoms with E-state index in [0.717, 1.165) is 4.90 Å². The fourth-order valence-corrected chi connectivity index (χ4v) is 3.52. The van der Waals surface area contributed by atoms with Crippen molar-refractivity contribution in [3.8, 4) is 11.5 Å². The highest BCUT2D eigenvalue weighted by Gasteiger charge is 2.36. The number of rotatable bonds is 4. The highest BCUT2D eigenvalue weighted by atomic mass is 32.2. The Hall–Kier alpha value is -3.33. The maximum Gasteiger partial charge on any atom is 0.294 e. The van der Waals surface area contributed by atoms with Gasteiger partial charge in [-0.25, -0.2) is 4.39 Å². The van der Waals surface area contributed by atoms with Crippen LogP contribution in [-0.2, 0) is 9.59 Å². The van der Waals surface area contributed by atoms with Crippen molar-refractivity contribution in [3.63, 3.8) is 0 Å². The normalized spacial score (nSPS) is 16.8. The topological polar surface area (TPSA) is 84.9 Å². The highest BCUT2D eigenvalue weighted by Crippen LogP contribution is 2.35. The maximum atomic E-state index is 13.8. The number of thioether (sulfide) groups is 1. The molecule has 1 fully saturated rings. The van der Waals surface area contributed by atoms with Crippen LogP contribution in [0.4, 0.5) is 14.9 Å². The van der Waals surface area contributed by atoms with Crippen molar-refractivity contribution < 1.29 is 28.2 Å². The van der Waals surface area contributed by atoms with Crippen LogP contribution in [0.2, 0.25) is 0 Å². The van der Waals surface area contributed by atoms with Crippen LogP contribution in [0.1, 0.15) is 5.56 Å². The number of fused-ring (bicyclic) bond motifs is 1. The van der Waals surface area contributed by atoms with E-state index < -0.39 is 29.4 Å². The predicted molar refractivity (Wildman–Crippen MR) is 100 cm³/mol. The molecule has 0 spiro atoms. The van der Waals surface area contributed by atoms with Crippen LogP contribution in [0.25, 0.3) is 6.08 Å². The number of carbonyl (C=O) groups excluding carboxylic acids is 3. The zero-order chi connectivity index (χ0) is 19.7. The van der Waals surface area contributed by atoms with E-state index in [-0.39, 0.29) is 17.3 Å². The van der Waals surface area contributed by atoms with E-state index in [4.69, 9.17) is 9.47 Å². The monoisotopic (exact) mass is 400 g/mol. The summed E-state index contributed by atoms with van der Waals surface area (Å²) in [6, 6.07) is 10.8. The number of ether oxygens (including phenoxy) is 2. The number of hydrogen-bond acceptors (Lipinski definition) is 6. The fraction of sp³-hybridized carbons (Fsp3) is 0.105. The lowest BCUT2D eigenvalue weighted by Crippen LogP contribution is -2.36. The van der Waals surface area contributed by atoms with E-state index in [1.54, 1.807) is 24.3 Å². The summed E-state index contributed by atoms with van der Waals surface area (Å²) in [5, 5.41) is 2.01. The third-order valence-corrected chi connectivity index (χ3v) is 4.93. The Labute approximate surface area is 163 Å². The van der Waals surface area contributed by atoms with E-state index >= 15 is 0 Å². The zero-order valence-electron chi connectivity index (χ0n) is 14.3. The van der Waals surface area contributed by atoms with E-state index in [0.29, 0.717) is 28.9 Å². The molecule has 0 radical (unpaired) electrons. The zero-order valence-corrected chi connectivity index (χ0v) is 15.1. The Morgan fingerprint density at radius 3 is 2.79 bits per heavy atom. The Morgan fingerprint density at radius 1 is 1.18 bits per heavy atom. The smallest absolute Gasteiger partial charge is 0.294 e. The molecule has 1 saturated heterocycles. The van der Waals surface area contributed by atoms with Crippen LogP contribution in [0, 0.1) is 5.82 Å². The summed E-state index contributed by atoms with van der Waals surface area (Å²) >= 11 is 0.665. The molecule has 2 aliphatic rings. The third-order valence-electron chi connectivity index (χ3n) is 4.02. The van der Waals surface area contributed by atoms with Gasteiger partial charge in [0.05, 0.1) is 4.91 Å². The summed E-state index contributed by atoms with van der Waals surface area (Å²) in [6.45, 7) is -0.342. The standard InChI is InChI=1S/C19H13FN2O5S/c20-13-4-2-1-3-11(13)7-16-18(24)22(19(25)28-16)9-17(23)21-12-5-6-14-15(8-12)27-10-26-14/h1-8H,9-10H2,(H,21,23). The summed E-state index contributed by atoms with van der Waals surface area (Å²) in [6.07, 6.45) is 1.30. The number of hydrogen-bond donors (Lipinski definition) is 1. The molecule has 0 unspecified atom stereocenters. The van der Waals surface area contributed by atoms with E-state index in [1.807, 2.05) is 0 Å². The van der Waals surface area contributed by atoms with Gasteiger partial charge in [-0.2, -0.15) is 0 Å². The molecule has 2 aromatic rings. The van der Waals surface area contributed by atoms with Crippen LogP contribution in [-0.4, -0.2) is 35.3 Å². The van der Waals surface area contributed by atoms with Gasteiger partial charge in [-0.1, -0.05) is 18.2 Å². The van der Waals surface area contributed by atoms with E-state index in [1.165, 1.54) is 24.3 Å². The molecule has 2 heterocycles. The van der Waals surface area contributed by atoms with Crippen LogP contribution in [0.15, 0.2) is 47.4 Å². The van der Waals surface area contributed by atoms with Gasteiger partial charge < -0.3 is 14.8 Å². The van der Waals surface area contributed by atoms with Crippen molar-refractivity contribution in [3.05, 3.63) is 58.8 Å². The molecule has 7 nitrogen and oxygen atoms in total. The van der Waals surface area contributed by atoms with Crippen LogP contribution in [0.3, 0.4) is 0 Å². The van der Waals surface area contributed by atoms with Gasteiger partial charge in [-0.05, 0) is 36.0 Å². The van der Waals surface area contributed by atoms with Crippen LogP contribution in [0.5, 0.6) is 11.5 Å². The molecule has 0 aliphatic carbocycles. The lowest BCUT2D eigenvalue weighted by atomic mass is 10.2. The molecule has 9 heteroatoms. The quantitative estimate of drug-likeness (QED) is 0.794. The number of benzene rings is 2. The number of carbonyl (C=O) groups is 3. The summed E-state index contributed by atoms with van der Waals surface area (Å²) in [7, 11) is 0. The summed E-state index contributed by atoms with van der Waals surface area (Å²) in [5.41, 5.74) is 0.640. The van der Waals surface area contributed by atoms with E-state index in [2.05, 4.69) is 5.32 Å². The molecule has 2 aliphatic heterocycles. The Kier molecular flexibility index (Phi) is 4.74. The molecule has 142 valence electrons. The molecule has 0 bridgehead atoms. The summed E-state index contributed by atoms with van der Waals surface area (Å²) in [5.74, 6) is -0.624. The molecule has 4 rings (SSSR count). The maximum absolute atomic E-state index is 13.8. The first kappa shape index (κ1) is 18.1. The van der Waals surface area contributed by atoms with Gasteiger partial charge in [-0.3, -0.25) is 19.3 Å². The number of nitrogens with zero attached hydrogens (tertiary/aromatic N) is 1. The molecule has 0 aromatic heterocycles. The fourth-order valence-electron chi connectivity index (χ4n) is 2.69. The lowest BCUT2D eigenvalue weighted by molar-refractivity contribution is -0.127. The molecule has 28 heavy (non-hydrogen) atoms. The number of anilines is 1. The first-order valence-corrected chi connectivity index (χ1v) is 9.02. The molecular formula is C19H13FN2O5S. The van der Waals surface area contributed by atoms with Gasteiger partial charge in [0.2, 0.25) is 12.7 Å². The number of nitrogens with one attached hydrogen (secondary N) is 1. The molecule has 0 atom stereocenters. The summed E-state index contributed by atoms with van der Waals surface area (Å²) < 4.78 is 24.2. The van der Waals surface area contributed by atoms with Gasteiger partial charge in [0, 0.05) is 17.3 Å². The van der Waals surface area contributed by atoms with Crippen molar-refractivity contribution in [2.24, 2.45) is 0 Å². The molecular weight excluding hydrogens is 387 g/mol. The Bertz CT molecular complexity index is 1020. The number of imide groups is 1. The molecule has 3 amide bonds. The van der Waals surface area contributed by atoms with Crippen LogP contribution >= 0.6 is 11.8 Å². The second-order valence-electron chi connectivity index (χ2n) is 5.91. The first-order valence-electron chi connectivity index (χ1n) is 8.20. The molecule has 2 aromatic carbocycles. The minimum atomic E-state index is -0.640. The first-order chi connectivity index (χ1) is 13.5. The van der Waals surface area contributed by atoms with Crippen molar-refractivity contribution in [2.45, 2.75) is 0 Å². The van der Waals surface area contributed by atoms with Gasteiger partial charge >= 0.3 is 0 Å². The van der Waals surface area contributed by atoms with Crippen molar-refractivity contribution in [2.75, 3.05) is 18.7 Å². The van der Waals surface area contributed by atoms with Crippen LogP contribution < -0.4 is 14.8 Å². The van der Waals surface area contributed by atoms with Gasteiger partial charge in [-0.15, -0.1) is 0 Å². The molecule has 0 saturated carbocycles. The van der Waals surface area contributed by atoms with Gasteiger partial charge in [0.25, 0.3) is 11.1 Å². The Morgan fingerprint density at radius 2 is 1.96 bits per heavy atom. The predicted octanol–water partition coefficient (Wildman–Crippen LogP) is 3.23. The van der Waals surface area contributed by atoms with Crippen molar-refractivity contribution in [1.82, 2.24) is 4.90 Å². The minimum Gasteiger partial charge on any atom is -0.454 e. The Balaban J connectivity index is 1.44. The van der Waals surface area contributed by atoms with Gasteiger partial charge in [0.1, 0.15) is 12.4 Å². The summed E-state index contributed by atoms with van der Waals surface area (Å²) in [4.78, 5) is 37.7. The molecule has 1 N–H and O–H groups in total. The number of halogens is 1. The largest absolute Gasteiger partial charge is 0.454 e. The number of amides is 3. The third kappa shape index (κ3) is 3.56. The van der Waals surface area contributed by atoms with Crippen molar-refractivity contribution >= 4 is 40.6 Å². The van der Waals surface area contributed by atoms with E-state index in [9.17, 15) is 18.8 Å².